The average Bonchev–Trinajstić information content (AvgIpc) is 0.742. The lowest BCUT2D eigenvalue weighted by molar-refractivity contribution is 0.460. The molecule has 0 saturated carbocycles. The van der Waals surface area contributed by atoms with Crippen molar-refractivity contribution in [2.75, 3.05) is 0 Å². The minimum Gasteiger partial charge on any atom is -0.507 e. The van der Waals surface area contributed by atoms with Crippen molar-refractivity contribution >= 4 is 0 Å². The molecule has 0 bridgehead atoms. The SMILES string of the molecule is Cc1cc(Cc2cc(C(C)(C)c3ccc(C(C)(c4cc(Cc5cc(C)c(O)c(C)c5)c(O)c(Cc5cc(C)c(O)c(C)c5)c4)c4cc(Cc5cc(C)c(O)c(C)c5)c(O)c(Cc5cc(C)c(O)c(C)c5)c4)cc3)cc(Cc3cc(C)c(O)c(C)c3)c2O)cc(C)c1O. The number of phenols is 9. The molecule has 0 radical (unpaired) electrons. The van der Waals surface area contributed by atoms with Crippen LogP contribution in [0.5, 0.6) is 51.7 Å². The van der Waals surface area contributed by atoms with Crippen LogP contribution in [-0.4, -0.2) is 46.0 Å². The first-order valence-corrected chi connectivity index (χ1v) is 31.7. The van der Waals surface area contributed by atoms with Gasteiger partial charge < -0.3 is 46.0 Å². The van der Waals surface area contributed by atoms with E-state index in [9.17, 15) is 46.0 Å². The highest BCUT2D eigenvalue weighted by molar-refractivity contribution is 5.63. The molecule has 474 valence electrons. The lowest BCUT2D eigenvalue weighted by atomic mass is 9.68. The molecule has 0 amide bonds. The number of phenolic OH excluding ortho intramolecular Hbond substituents is 9. The fourth-order valence-corrected chi connectivity index (χ4v) is 14.1. The summed E-state index contributed by atoms with van der Waals surface area (Å²) >= 11 is 0. The molecule has 0 spiro atoms. The molecule has 10 rings (SSSR count). The molecule has 0 atom stereocenters. The zero-order chi connectivity index (χ0) is 66.7. The summed E-state index contributed by atoms with van der Waals surface area (Å²) in [6.45, 7) is 29.2. The number of aromatic hydroxyl groups is 9. The van der Waals surface area contributed by atoms with Gasteiger partial charge in [0.2, 0.25) is 0 Å². The van der Waals surface area contributed by atoms with Crippen LogP contribution in [0.1, 0.15) is 182 Å². The molecule has 0 aliphatic rings. The van der Waals surface area contributed by atoms with E-state index in [0.717, 1.165) is 139 Å². The highest BCUT2D eigenvalue weighted by Crippen LogP contribution is 2.47. The largest absolute Gasteiger partial charge is 0.507 e. The summed E-state index contributed by atoms with van der Waals surface area (Å²) in [7, 11) is 0. The molecule has 9 nitrogen and oxygen atoms in total. The third-order valence-corrected chi connectivity index (χ3v) is 19.5. The van der Waals surface area contributed by atoms with Crippen molar-refractivity contribution in [3.8, 4) is 51.7 Å². The van der Waals surface area contributed by atoms with Gasteiger partial charge in [-0.25, -0.2) is 0 Å². The summed E-state index contributed by atoms with van der Waals surface area (Å²) in [4.78, 5) is 0. The molecule has 0 aliphatic heterocycles. The Labute approximate surface area is 542 Å². The predicted octanol–water partition coefficient (Wildman–Crippen LogP) is 18.0. The Morgan fingerprint density at radius 1 is 0.207 bits per heavy atom. The summed E-state index contributed by atoms with van der Waals surface area (Å²) in [6.07, 6.45) is 2.18. The standard InChI is InChI=1S/C83H88O9/c1-44-20-56(21-45(2)73(44)84)32-62-38-70(39-63(79(62)90)33-57-22-46(3)74(85)47(4)23-57)82(13,14)68-16-18-69(19-17-68)83(15,71-40-64(34-58-24-48(5)75(86)49(6)25-58)80(91)65(41-71)35-59-26-50(7)76(87)51(8)27-59)72-42-66(36-60-28-52(9)77(88)53(10)29-60)81(92)67(43-72)37-61-30-54(11)78(89)55(12)31-61/h16-31,38-43,84-92H,32-37H2,1-15H3. The van der Waals surface area contributed by atoms with Crippen molar-refractivity contribution in [1.29, 1.82) is 0 Å². The second-order valence-electron chi connectivity index (χ2n) is 27.3. The molecule has 0 saturated heterocycles. The second-order valence-corrected chi connectivity index (χ2v) is 27.3. The van der Waals surface area contributed by atoms with Crippen LogP contribution in [0.15, 0.2) is 133 Å². The maximum absolute atomic E-state index is 12.7. The van der Waals surface area contributed by atoms with E-state index in [0.29, 0.717) is 60.8 Å². The fourth-order valence-electron chi connectivity index (χ4n) is 14.1. The molecule has 10 aromatic carbocycles. The van der Waals surface area contributed by atoms with E-state index in [4.69, 9.17) is 0 Å². The molecular formula is C83H88O9. The van der Waals surface area contributed by atoms with Crippen LogP contribution in [0.3, 0.4) is 0 Å². The van der Waals surface area contributed by atoms with Gasteiger partial charge >= 0.3 is 0 Å². The maximum Gasteiger partial charge on any atom is 0.122 e. The van der Waals surface area contributed by atoms with Crippen LogP contribution in [-0.2, 0) is 49.4 Å². The van der Waals surface area contributed by atoms with Gasteiger partial charge in [0.05, 0.1) is 0 Å². The van der Waals surface area contributed by atoms with Crippen molar-refractivity contribution < 1.29 is 46.0 Å². The monoisotopic (exact) mass is 1230 g/mol. The molecule has 0 fully saturated rings. The van der Waals surface area contributed by atoms with Crippen LogP contribution in [0.4, 0.5) is 0 Å². The van der Waals surface area contributed by atoms with Crippen LogP contribution >= 0.6 is 0 Å². The Balaban J connectivity index is 1.21. The molecule has 10 aromatic rings. The van der Waals surface area contributed by atoms with E-state index >= 15 is 0 Å². The molecule has 92 heavy (non-hydrogen) atoms. The van der Waals surface area contributed by atoms with Gasteiger partial charge in [0, 0.05) is 49.4 Å². The Bertz CT molecular complexity index is 4010. The normalized spacial score (nSPS) is 11.9. The summed E-state index contributed by atoms with van der Waals surface area (Å²) in [5.74, 6) is 1.88. The molecule has 9 heteroatoms. The van der Waals surface area contributed by atoms with Gasteiger partial charge in [-0.15, -0.1) is 0 Å². The van der Waals surface area contributed by atoms with Crippen molar-refractivity contribution in [3.63, 3.8) is 0 Å². The molecular weight excluding hydrogens is 1140 g/mol. The van der Waals surface area contributed by atoms with Crippen LogP contribution in [0, 0.1) is 83.1 Å². The zero-order valence-electron chi connectivity index (χ0n) is 56.0. The van der Waals surface area contributed by atoms with Gasteiger partial charge in [-0.3, -0.25) is 0 Å². The van der Waals surface area contributed by atoms with E-state index in [2.05, 4.69) is 81.4 Å². The van der Waals surface area contributed by atoms with Crippen LogP contribution < -0.4 is 0 Å². The minimum atomic E-state index is -1.03. The Kier molecular flexibility index (Phi) is 17.9. The third kappa shape index (κ3) is 12.9. The molecule has 0 heterocycles. The van der Waals surface area contributed by atoms with Crippen molar-refractivity contribution in [1.82, 2.24) is 0 Å². The molecule has 0 aromatic heterocycles. The lowest BCUT2D eigenvalue weighted by Crippen LogP contribution is -2.27. The first-order chi connectivity index (χ1) is 43.3. The van der Waals surface area contributed by atoms with E-state index in [-0.39, 0.29) is 51.7 Å². The molecule has 0 unspecified atom stereocenters. The van der Waals surface area contributed by atoms with Crippen molar-refractivity contribution in [2.24, 2.45) is 0 Å². The van der Waals surface area contributed by atoms with E-state index in [1.54, 1.807) is 0 Å². The van der Waals surface area contributed by atoms with Crippen LogP contribution in [0.25, 0.3) is 0 Å². The number of hydrogen-bond acceptors (Lipinski definition) is 9. The van der Waals surface area contributed by atoms with E-state index in [1.807, 2.05) is 156 Å². The topological polar surface area (TPSA) is 182 Å². The summed E-state index contributed by atoms with van der Waals surface area (Å²) in [5, 5.41) is 103. The summed E-state index contributed by atoms with van der Waals surface area (Å²) < 4.78 is 0. The van der Waals surface area contributed by atoms with Crippen molar-refractivity contribution in [2.45, 2.75) is 153 Å². The highest BCUT2D eigenvalue weighted by Gasteiger charge is 2.36. The summed E-state index contributed by atoms with van der Waals surface area (Å²) in [6, 6.07) is 44.9. The zero-order valence-corrected chi connectivity index (χ0v) is 56.0. The lowest BCUT2D eigenvalue weighted by Gasteiger charge is -2.35. The van der Waals surface area contributed by atoms with Gasteiger partial charge in [0.15, 0.2) is 0 Å². The molecule has 9 N–H and O–H groups in total. The Hall–Kier alpha value is -9.60. The first kappa shape index (κ1) is 65.4. The Morgan fingerprint density at radius 3 is 0.554 bits per heavy atom. The fraction of sp³-hybridized carbons (Fsp3) is 0.277. The van der Waals surface area contributed by atoms with Crippen LogP contribution in [0.2, 0.25) is 0 Å². The maximum atomic E-state index is 12.7. The number of rotatable bonds is 17. The minimum absolute atomic E-state index is 0.141. The number of hydrogen-bond donors (Lipinski definition) is 9. The predicted molar refractivity (Wildman–Crippen MR) is 371 cm³/mol. The quantitative estimate of drug-likeness (QED) is 0.0401. The van der Waals surface area contributed by atoms with Gasteiger partial charge in [0.25, 0.3) is 0 Å². The van der Waals surface area contributed by atoms with Gasteiger partial charge in [-0.1, -0.05) is 147 Å². The van der Waals surface area contributed by atoms with Gasteiger partial charge in [-0.2, -0.15) is 0 Å². The Morgan fingerprint density at radius 2 is 0.370 bits per heavy atom. The van der Waals surface area contributed by atoms with E-state index in [1.165, 1.54) is 0 Å². The van der Waals surface area contributed by atoms with Crippen molar-refractivity contribution in [3.05, 3.63) is 295 Å². The van der Waals surface area contributed by atoms with Gasteiger partial charge in [-0.05, 0) is 251 Å². The third-order valence-electron chi connectivity index (χ3n) is 19.5. The average molecular weight is 1230 g/mol. The first-order valence-electron chi connectivity index (χ1n) is 31.7. The highest BCUT2D eigenvalue weighted by atomic mass is 16.3. The number of benzene rings is 10. The number of aryl methyl sites for hydroxylation is 12. The van der Waals surface area contributed by atoms with E-state index < -0.39 is 10.8 Å². The summed E-state index contributed by atoms with van der Waals surface area (Å²) in [5.41, 5.74) is 21.6. The smallest absolute Gasteiger partial charge is 0.122 e. The second kappa shape index (κ2) is 25.2. The molecule has 0 aliphatic carbocycles. The van der Waals surface area contributed by atoms with Gasteiger partial charge in [0.1, 0.15) is 51.7 Å².